The van der Waals surface area contributed by atoms with Crippen LogP contribution in [0.4, 0.5) is 0 Å². The molecule has 0 fully saturated rings. The van der Waals surface area contributed by atoms with Crippen molar-refractivity contribution >= 4 is 0 Å². The Kier molecular flexibility index (Phi) is 2.77. The highest BCUT2D eigenvalue weighted by Crippen LogP contribution is 2.14. The molecule has 0 radical (unpaired) electrons. The van der Waals surface area contributed by atoms with Gasteiger partial charge in [0, 0.05) is 18.9 Å². The van der Waals surface area contributed by atoms with Gasteiger partial charge in [0.05, 0.1) is 0 Å². The van der Waals surface area contributed by atoms with Gasteiger partial charge in [-0.15, -0.1) is 0 Å². The van der Waals surface area contributed by atoms with Crippen LogP contribution in [0.1, 0.15) is 24.0 Å². The number of hydrogen-bond donors (Lipinski definition) is 2. The first-order valence-corrected chi connectivity index (χ1v) is 4.77. The minimum absolute atomic E-state index is 0.511. The van der Waals surface area contributed by atoms with Crippen LogP contribution in [0.2, 0.25) is 0 Å². The van der Waals surface area contributed by atoms with Crippen molar-refractivity contribution in [1.82, 2.24) is 25.0 Å². The Labute approximate surface area is 87.0 Å². The summed E-state index contributed by atoms with van der Waals surface area (Å²) < 4.78 is 1.80. The quantitative estimate of drug-likeness (QED) is 0.750. The lowest BCUT2D eigenvalue weighted by atomic mass is 10.1. The highest BCUT2D eigenvalue weighted by Gasteiger charge is 2.11. The zero-order valence-electron chi connectivity index (χ0n) is 8.46. The van der Waals surface area contributed by atoms with Crippen molar-refractivity contribution < 1.29 is 5.11 Å². The second kappa shape index (κ2) is 4.22. The second-order valence-corrected chi connectivity index (χ2v) is 3.37. The average Bonchev–Trinajstić information content (AvgIpc) is 2.85. The van der Waals surface area contributed by atoms with E-state index in [4.69, 9.17) is 0 Å². The Balaban J connectivity index is 1.91. The third-order valence-electron chi connectivity index (χ3n) is 2.35. The maximum Gasteiger partial charge on any atom is 0.153 e. The Morgan fingerprint density at radius 1 is 1.60 bits per heavy atom. The zero-order valence-corrected chi connectivity index (χ0v) is 8.46. The minimum Gasteiger partial charge on any atom is -0.385 e. The van der Waals surface area contributed by atoms with Gasteiger partial charge in [-0.3, -0.25) is 9.78 Å². The van der Waals surface area contributed by atoms with Crippen LogP contribution in [-0.2, 0) is 13.5 Å². The molecule has 0 amide bonds. The minimum atomic E-state index is -0.595. The molecule has 2 aromatic rings. The van der Waals surface area contributed by atoms with Crippen molar-refractivity contribution in [2.24, 2.45) is 7.05 Å². The van der Waals surface area contributed by atoms with E-state index in [9.17, 15) is 5.11 Å². The van der Waals surface area contributed by atoms with E-state index in [1.54, 1.807) is 10.9 Å². The fraction of sp³-hybridized carbons (Fsp3) is 0.444. The second-order valence-electron chi connectivity index (χ2n) is 3.37. The lowest BCUT2D eigenvalue weighted by Gasteiger charge is -2.06. The summed E-state index contributed by atoms with van der Waals surface area (Å²) in [6, 6.07) is 1.94. The Morgan fingerprint density at radius 3 is 3.07 bits per heavy atom. The van der Waals surface area contributed by atoms with Crippen LogP contribution in [0.3, 0.4) is 0 Å². The number of aliphatic hydroxyl groups is 1. The van der Waals surface area contributed by atoms with Gasteiger partial charge >= 0.3 is 0 Å². The molecule has 80 valence electrons. The molecule has 2 N–H and O–H groups in total. The van der Waals surface area contributed by atoms with Gasteiger partial charge in [0.25, 0.3) is 0 Å². The van der Waals surface area contributed by atoms with Crippen LogP contribution >= 0.6 is 0 Å². The van der Waals surface area contributed by atoms with Crippen LogP contribution in [0.5, 0.6) is 0 Å². The molecule has 0 saturated heterocycles. The van der Waals surface area contributed by atoms with Gasteiger partial charge in [-0.1, -0.05) is 0 Å². The van der Waals surface area contributed by atoms with E-state index in [1.165, 1.54) is 6.33 Å². The van der Waals surface area contributed by atoms with Crippen LogP contribution in [0, 0.1) is 0 Å². The first-order valence-electron chi connectivity index (χ1n) is 4.77. The van der Waals surface area contributed by atoms with E-state index < -0.39 is 6.10 Å². The van der Waals surface area contributed by atoms with E-state index in [1.807, 2.05) is 13.1 Å². The molecule has 1 atom stereocenters. The molecule has 0 saturated carbocycles. The number of nitrogens with zero attached hydrogens (tertiary/aromatic N) is 4. The lowest BCUT2D eigenvalue weighted by molar-refractivity contribution is 0.157. The lowest BCUT2D eigenvalue weighted by Crippen LogP contribution is -2.04. The Bertz CT molecular complexity index is 408. The van der Waals surface area contributed by atoms with E-state index in [0.29, 0.717) is 12.2 Å². The molecule has 0 aromatic carbocycles. The van der Waals surface area contributed by atoms with Crippen molar-refractivity contribution in [3.8, 4) is 0 Å². The zero-order chi connectivity index (χ0) is 10.7. The maximum atomic E-state index is 9.74. The van der Waals surface area contributed by atoms with Crippen molar-refractivity contribution in [1.29, 1.82) is 0 Å². The van der Waals surface area contributed by atoms with Gasteiger partial charge in [0.15, 0.2) is 5.82 Å². The third-order valence-corrected chi connectivity index (χ3v) is 2.35. The summed E-state index contributed by atoms with van der Waals surface area (Å²) in [6.07, 6.45) is 3.91. The molecular weight excluding hydrogens is 194 g/mol. The smallest absolute Gasteiger partial charge is 0.153 e. The van der Waals surface area contributed by atoms with Gasteiger partial charge in [0.2, 0.25) is 0 Å². The van der Waals surface area contributed by atoms with Gasteiger partial charge < -0.3 is 5.11 Å². The fourth-order valence-electron chi connectivity index (χ4n) is 1.44. The number of hydrogen-bond acceptors (Lipinski definition) is 4. The van der Waals surface area contributed by atoms with Crippen LogP contribution in [-0.4, -0.2) is 30.1 Å². The predicted octanol–water partition coefficient (Wildman–Crippen LogP) is 0.204. The van der Waals surface area contributed by atoms with E-state index in [0.717, 1.165) is 12.1 Å². The summed E-state index contributed by atoms with van der Waals surface area (Å²) >= 11 is 0. The highest BCUT2D eigenvalue weighted by atomic mass is 16.3. The molecule has 0 aliphatic rings. The summed E-state index contributed by atoms with van der Waals surface area (Å²) in [5, 5.41) is 20.1. The molecule has 0 aliphatic carbocycles. The molecule has 6 heteroatoms. The SMILES string of the molecule is Cn1nccc1CCC(O)c1ncn[nH]1. The monoisotopic (exact) mass is 207 g/mol. The number of aliphatic hydroxyl groups excluding tert-OH is 1. The van der Waals surface area contributed by atoms with Crippen molar-refractivity contribution in [3.05, 3.63) is 30.1 Å². The Hall–Kier alpha value is -1.69. The van der Waals surface area contributed by atoms with E-state index in [2.05, 4.69) is 20.3 Å². The molecule has 2 rings (SSSR count). The van der Waals surface area contributed by atoms with Crippen LogP contribution < -0.4 is 0 Å². The standard InChI is InChI=1S/C9H13N5O/c1-14-7(4-5-12-14)2-3-8(15)9-10-6-11-13-9/h4-6,8,15H,2-3H2,1H3,(H,10,11,13). The topological polar surface area (TPSA) is 79.6 Å². The van der Waals surface area contributed by atoms with Gasteiger partial charge in [-0.2, -0.15) is 10.2 Å². The number of nitrogens with one attached hydrogen (secondary N) is 1. The van der Waals surface area contributed by atoms with Gasteiger partial charge in [-0.25, -0.2) is 4.98 Å². The normalized spacial score (nSPS) is 12.9. The summed E-state index contributed by atoms with van der Waals surface area (Å²) in [6.45, 7) is 0. The molecule has 0 aliphatic heterocycles. The van der Waals surface area contributed by atoms with Crippen molar-refractivity contribution in [3.63, 3.8) is 0 Å². The molecule has 6 nitrogen and oxygen atoms in total. The number of aryl methyl sites for hydroxylation is 2. The molecule has 0 spiro atoms. The summed E-state index contributed by atoms with van der Waals surface area (Å²) in [5.74, 6) is 0.511. The average molecular weight is 207 g/mol. The third kappa shape index (κ3) is 2.21. The van der Waals surface area contributed by atoms with Crippen LogP contribution in [0.25, 0.3) is 0 Å². The molecule has 0 bridgehead atoms. The fourth-order valence-corrected chi connectivity index (χ4v) is 1.44. The maximum absolute atomic E-state index is 9.74. The van der Waals surface area contributed by atoms with E-state index in [-0.39, 0.29) is 0 Å². The largest absolute Gasteiger partial charge is 0.385 e. The number of rotatable bonds is 4. The van der Waals surface area contributed by atoms with Crippen molar-refractivity contribution in [2.75, 3.05) is 0 Å². The molecular formula is C9H13N5O. The molecule has 15 heavy (non-hydrogen) atoms. The predicted molar refractivity (Wildman–Crippen MR) is 52.9 cm³/mol. The molecule has 2 aromatic heterocycles. The summed E-state index contributed by atoms with van der Waals surface area (Å²) in [7, 11) is 1.89. The molecule has 1 unspecified atom stereocenters. The van der Waals surface area contributed by atoms with Gasteiger partial charge in [-0.05, 0) is 18.9 Å². The van der Waals surface area contributed by atoms with Crippen molar-refractivity contribution in [2.45, 2.75) is 18.9 Å². The number of aromatic nitrogens is 5. The summed E-state index contributed by atoms with van der Waals surface area (Å²) in [5.41, 5.74) is 1.09. The highest BCUT2D eigenvalue weighted by molar-refractivity contribution is 5.01. The first-order chi connectivity index (χ1) is 7.27. The van der Waals surface area contributed by atoms with Gasteiger partial charge in [0.1, 0.15) is 12.4 Å². The van der Waals surface area contributed by atoms with E-state index >= 15 is 0 Å². The first kappa shape index (κ1) is 9.85. The van der Waals surface area contributed by atoms with Crippen LogP contribution in [0.15, 0.2) is 18.6 Å². The Morgan fingerprint density at radius 2 is 2.47 bits per heavy atom. The number of aromatic amines is 1. The molecule has 2 heterocycles. The number of H-pyrrole nitrogens is 1. The summed E-state index contributed by atoms with van der Waals surface area (Å²) in [4.78, 5) is 3.90.